The topological polar surface area (TPSA) is 41.6 Å². The predicted molar refractivity (Wildman–Crippen MR) is 78.0 cm³/mol. The number of benzene rings is 1. The molecule has 104 valence electrons. The van der Waals surface area contributed by atoms with E-state index in [4.69, 9.17) is 4.74 Å². The fourth-order valence-corrected chi connectivity index (χ4v) is 2.50. The Morgan fingerprint density at radius 3 is 2.47 bits per heavy atom. The normalized spacial score (nSPS) is 23.2. The molecule has 1 fully saturated rings. The van der Waals surface area contributed by atoms with Crippen molar-refractivity contribution in [3.8, 4) is 0 Å². The molecule has 1 aromatic rings. The Labute approximate surface area is 122 Å². The lowest BCUT2D eigenvalue weighted by Crippen LogP contribution is -2.51. The van der Waals surface area contributed by atoms with Crippen LogP contribution in [0.2, 0.25) is 0 Å². The third-order valence-corrected chi connectivity index (χ3v) is 3.59. The van der Waals surface area contributed by atoms with Gasteiger partial charge in [0.1, 0.15) is 0 Å². The first kappa shape index (κ1) is 14.3. The second kappa shape index (κ2) is 6.39. The summed E-state index contributed by atoms with van der Waals surface area (Å²) in [5, 5.41) is 2.95. The van der Waals surface area contributed by atoms with E-state index in [2.05, 4.69) is 21.2 Å². The Balaban J connectivity index is 1.85. The van der Waals surface area contributed by atoms with Crippen LogP contribution in [-0.4, -0.2) is 36.2 Å². The second-order valence-corrected chi connectivity index (χ2v) is 5.86. The maximum atomic E-state index is 12.1. The zero-order valence-electron chi connectivity index (χ0n) is 11.2. The highest BCUT2D eigenvalue weighted by Crippen LogP contribution is 2.12. The summed E-state index contributed by atoms with van der Waals surface area (Å²) >= 11 is 3.39. The maximum absolute atomic E-state index is 12.1. The van der Waals surface area contributed by atoms with E-state index in [1.807, 2.05) is 43.0 Å². The van der Waals surface area contributed by atoms with Crippen molar-refractivity contribution >= 4 is 22.0 Å². The fourth-order valence-electron chi connectivity index (χ4n) is 2.24. The molecule has 0 bridgehead atoms. The van der Waals surface area contributed by atoms with E-state index in [-0.39, 0.29) is 18.2 Å². The van der Waals surface area contributed by atoms with Gasteiger partial charge in [0, 0.05) is 24.1 Å². The van der Waals surface area contributed by atoms with Gasteiger partial charge in [-0.25, -0.2) is 4.79 Å². The lowest BCUT2D eigenvalue weighted by atomic mass is 10.2. The van der Waals surface area contributed by atoms with Gasteiger partial charge < -0.3 is 15.0 Å². The average molecular weight is 327 g/mol. The highest BCUT2D eigenvalue weighted by atomic mass is 79.9. The first-order valence-electron chi connectivity index (χ1n) is 6.47. The predicted octanol–water partition coefficient (Wildman–Crippen LogP) is 2.77. The molecule has 1 aliphatic rings. The number of carbonyl (C=O) groups excluding carboxylic acids is 1. The lowest BCUT2D eigenvalue weighted by molar-refractivity contribution is -0.0545. The van der Waals surface area contributed by atoms with Crippen molar-refractivity contribution in [3.63, 3.8) is 0 Å². The van der Waals surface area contributed by atoms with Gasteiger partial charge in [-0.15, -0.1) is 0 Å². The van der Waals surface area contributed by atoms with E-state index in [1.165, 1.54) is 0 Å². The zero-order chi connectivity index (χ0) is 13.8. The molecule has 0 aromatic heterocycles. The molecular formula is C14H19BrN2O2. The molecule has 4 nitrogen and oxygen atoms in total. The van der Waals surface area contributed by atoms with Crippen molar-refractivity contribution in [1.82, 2.24) is 10.2 Å². The van der Waals surface area contributed by atoms with E-state index in [0.29, 0.717) is 19.6 Å². The van der Waals surface area contributed by atoms with Crippen LogP contribution >= 0.6 is 15.9 Å². The number of ether oxygens (including phenoxy) is 1. The number of nitrogens with one attached hydrogen (secondary N) is 1. The van der Waals surface area contributed by atoms with Gasteiger partial charge in [0.15, 0.2) is 0 Å². The molecule has 2 rings (SSSR count). The smallest absolute Gasteiger partial charge is 0.317 e. The van der Waals surface area contributed by atoms with Gasteiger partial charge >= 0.3 is 6.03 Å². The number of carbonyl (C=O) groups is 1. The molecule has 1 heterocycles. The van der Waals surface area contributed by atoms with Crippen LogP contribution in [0, 0.1) is 0 Å². The Morgan fingerprint density at radius 1 is 1.32 bits per heavy atom. The molecule has 2 amide bonds. The van der Waals surface area contributed by atoms with E-state index in [0.717, 1.165) is 10.0 Å². The van der Waals surface area contributed by atoms with Crippen molar-refractivity contribution in [3.05, 3.63) is 34.3 Å². The van der Waals surface area contributed by atoms with Crippen LogP contribution < -0.4 is 5.32 Å². The lowest BCUT2D eigenvalue weighted by Gasteiger charge is -2.35. The number of nitrogens with zero attached hydrogens (tertiary/aromatic N) is 1. The molecule has 5 heteroatoms. The first-order chi connectivity index (χ1) is 9.04. The van der Waals surface area contributed by atoms with Crippen LogP contribution in [0.25, 0.3) is 0 Å². The minimum Gasteiger partial charge on any atom is -0.372 e. The number of urea groups is 1. The number of hydrogen-bond donors (Lipinski definition) is 1. The molecule has 1 aromatic carbocycles. The van der Waals surface area contributed by atoms with Gasteiger partial charge in [-0.2, -0.15) is 0 Å². The summed E-state index contributed by atoms with van der Waals surface area (Å²) in [4.78, 5) is 13.9. The number of halogens is 1. The monoisotopic (exact) mass is 326 g/mol. The molecule has 0 saturated carbocycles. The quantitative estimate of drug-likeness (QED) is 0.907. The largest absolute Gasteiger partial charge is 0.372 e. The van der Waals surface area contributed by atoms with Crippen molar-refractivity contribution < 1.29 is 9.53 Å². The molecule has 1 N–H and O–H groups in total. The third-order valence-electron chi connectivity index (χ3n) is 3.06. The number of hydrogen-bond acceptors (Lipinski definition) is 2. The Morgan fingerprint density at radius 2 is 1.89 bits per heavy atom. The molecule has 19 heavy (non-hydrogen) atoms. The minimum atomic E-state index is -0.0232. The van der Waals surface area contributed by atoms with E-state index < -0.39 is 0 Å². The molecule has 1 aliphatic heterocycles. The number of morpholine rings is 1. The summed E-state index contributed by atoms with van der Waals surface area (Å²) in [5.41, 5.74) is 1.09. The first-order valence-corrected chi connectivity index (χ1v) is 7.26. The van der Waals surface area contributed by atoms with Gasteiger partial charge in [0.05, 0.1) is 12.2 Å². The third kappa shape index (κ3) is 4.21. The molecule has 2 unspecified atom stereocenters. The molecular weight excluding hydrogens is 308 g/mol. The van der Waals surface area contributed by atoms with Gasteiger partial charge in [-0.1, -0.05) is 28.1 Å². The summed E-state index contributed by atoms with van der Waals surface area (Å²) in [7, 11) is 0. The Hall–Kier alpha value is -1.07. The van der Waals surface area contributed by atoms with Gasteiger partial charge in [0.2, 0.25) is 0 Å². The van der Waals surface area contributed by atoms with Crippen LogP contribution in [0.5, 0.6) is 0 Å². The van der Waals surface area contributed by atoms with Crippen LogP contribution in [0.4, 0.5) is 4.79 Å². The second-order valence-electron chi connectivity index (χ2n) is 4.95. The number of amides is 2. The van der Waals surface area contributed by atoms with Crippen LogP contribution in [-0.2, 0) is 11.3 Å². The summed E-state index contributed by atoms with van der Waals surface area (Å²) in [6.07, 6.45) is 0.198. The van der Waals surface area contributed by atoms with E-state index >= 15 is 0 Å². The Kier molecular flexibility index (Phi) is 4.82. The highest BCUT2D eigenvalue weighted by Gasteiger charge is 2.25. The van der Waals surface area contributed by atoms with Crippen molar-refractivity contribution in [2.24, 2.45) is 0 Å². The molecule has 0 aliphatic carbocycles. The molecule has 1 saturated heterocycles. The highest BCUT2D eigenvalue weighted by molar-refractivity contribution is 9.10. The Bertz CT molecular complexity index is 426. The number of rotatable bonds is 2. The van der Waals surface area contributed by atoms with Crippen molar-refractivity contribution in [2.45, 2.75) is 32.6 Å². The van der Waals surface area contributed by atoms with E-state index in [1.54, 1.807) is 0 Å². The zero-order valence-corrected chi connectivity index (χ0v) is 12.8. The van der Waals surface area contributed by atoms with Crippen LogP contribution in [0.3, 0.4) is 0 Å². The minimum absolute atomic E-state index is 0.0232. The summed E-state index contributed by atoms with van der Waals surface area (Å²) in [5.74, 6) is 0. The average Bonchev–Trinajstić information content (AvgIpc) is 2.36. The summed E-state index contributed by atoms with van der Waals surface area (Å²) < 4.78 is 6.66. The molecule has 2 atom stereocenters. The summed E-state index contributed by atoms with van der Waals surface area (Å²) in [6.45, 7) is 5.83. The van der Waals surface area contributed by atoms with Gasteiger partial charge in [0.25, 0.3) is 0 Å². The van der Waals surface area contributed by atoms with Crippen LogP contribution in [0.1, 0.15) is 19.4 Å². The van der Waals surface area contributed by atoms with Crippen molar-refractivity contribution in [2.75, 3.05) is 13.1 Å². The molecule has 0 spiro atoms. The SMILES string of the molecule is CC1CN(C(=O)NCc2ccc(Br)cc2)CC(C)O1. The van der Waals surface area contributed by atoms with Gasteiger partial charge in [-0.3, -0.25) is 0 Å². The van der Waals surface area contributed by atoms with Crippen LogP contribution in [0.15, 0.2) is 28.7 Å². The maximum Gasteiger partial charge on any atom is 0.317 e. The van der Waals surface area contributed by atoms with Crippen molar-refractivity contribution in [1.29, 1.82) is 0 Å². The fraction of sp³-hybridized carbons (Fsp3) is 0.500. The van der Waals surface area contributed by atoms with Gasteiger partial charge in [-0.05, 0) is 31.5 Å². The van der Waals surface area contributed by atoms with E-state index in [9.17, 15) is 4.79 Å². The standard InChI is InChI=1S/C14H19BrN2O2/c1-10-8-17(9-11(2)19-10)14(18)16-7-12-3-5-13(15)6-4-12/h3-6,10-11H,7-9H2,1-2H3,(H,16,18). The molecule has 0 radical (unpaired) electrons. The summed E-state index contributed by atoms with van der Waals surface area (Å²) in [6, 6.07) is 7.91.